The third-order valence-electron chi connectivity index (χ3n) is 3.72. The van der Waals surface area contributed by atoms with Gasteiger partial charge >= 0.3 is 5.97 Å². The lowest BCUT2D eigenvalue weighted by atomic mass is 9.80. The van der Waals surface area contributed by atoms with Gasteiger partial charge in [0.1, 0.15) is 0 Å². The monoisotopic (exact) mass is 312 g/mol. The van der Waals surface area contributed by atoms with Crippen molar-refractivity contribution in [3.8, 4) is 11.5 Å². The number of benzene rings is 1. The van der Waals surface area contributed by atoms with E-state index in [1.54, 1.807) is 19.2 Å². The highest BCUT2D eigenvalue weighted by Crippen LogP contribution is 2.45. The Balaban J connectivity index is 2.41. The number of hydrogen-bond donors (Lipinski definition) is 1. The molecule has 0 bridgehead atoms. The quantitative estimate of drug-likeness (QED) is 0.830. The van der Waals surface area contributed by atoms with Gasteiger partial charge in [-0.3, -0.25) is 4.79 Å². The van der Waals surface area contributed by atoms with E-state index in [2.05, 4.69) is 0 Å². The van der Waals surface area contributed by atoms with Crippen molar-refractivity contribution in [1.82, 2.24) is 0 Å². The summed E-state index contributed by atoms with van der Waals surface area (Å²) in [5.41, 5.74) is 0.0580. The molecule has 4 nitrogen and oxygen atoms in total. The molecule has 1 aromatic carbocycles. The number of halogens is 1. The van der Waals surface area contributed by atoms with Gasteiger partial charge in [0.2, 0.25) is 0 Å². The zero-order chi connectivity index (χ0) is 15.6. The number of ether oxygens (including phenoxy) is 2. The predicted molar refractivity (Wildman–Crippen MR) is 81.5 cm³/mol. The van der Waals surface area contributed by atoms with Gasteiger partial charge in [0, 0.05) is 16.0 Å². The van der Waals surface area contributed by atoms with Gasteiger partial charge in [-0.15, -0.1) is 0 Å². The molecule has 0 aromatic heterocycles. The van der Waals surface area contributed by atoms with Crippen LogP contribution < -0.4 is 9.47 Å². The number of carbonyl (C=O) groups is 1. The highest BCUT2D eigenvalue weighted by Gasteiger charge is 2.33. The van der Waals surface area contributed by atoms with E-state index in [-0.39, 0.29) is 6.42 Å². The maximum absolute atomic E-state index is 11.1. The van der Waals surface area contributed by atoms with Crippen LogP contribution in [0, 0.1) is 5.92 Å². The second-order valence-corrected chi connectivity index (χ2v) is 6.57. The molecule has 1 saturated carbocycles. The average molecular weight is 313 g/mol. The van der Waals surface area contributed by atoms with Crippen LogP contribution in [0.1, 0.15) is 38.7 Å². The fraction of sp³-hybridized carbons (Fsp3) is 0.562. The van der Waals surface area contributed by atoms with Crippen LogP contribution in [0.25, 0.3) is 0 Å². The smallest absolute Gasteiger partial charge is 0.304 e. The molecule has 0 saturated heterocycles. The van der Waals surface area contributed by atoms with Crippen LogP contribution in [0.5, 0.6) is 11.5 Å². The minimum atomic E-state index is -0.868. The molecular weight excluding hydrogens is 292 g/mol. The van der Waals surface area contributed by atoms with Crippen molar-refractivity contribution >= 4 is 17.6 Å². The van der Waals surface area contributed by atoms with E-state index in [1.807, 2.05) is 13.8 Å². The van der Waals surface area contributed by atoms with Gasteiger partial charge < -0.3 is 14.6 Å². The summed E-state index contributed by atoms with van der Waals surface area (Å²) in [4.78, 5) is 11.1. The lowest BCUT2D eigenvalue weighted by Crippen LogP contribution is -2.23. The van der Waals surface area contributed by atoms with Crippen molar-refractivity contribution in [2.75, 3.05) is 13.7 Å². The molecule has 1 aliphatic rings. The molecule has 0 aliphatic heterocycles. The Hall–Kier alpha value is -1.42. The lowest BCUT2D eigenvalue weighted by molar-refractivity contribution is -0.138. The van der Waals surface area contributed by atoms with Crippen LogP contribution in [0.15, 0.2) is 12.1 Å². The number of rotatable bonds is 7. The summed E-state index contributed by atoms with van der Waals surface area (Å²) in [6.07, 6.45) is 2.33. The van der Waals surface area contributed by atoms with Crippen LogP contribution in [0.4, 0.5) is 0 Å². The van der Waals surface area contributed by atoms with E-state index in [1.165, 1.54) is 12.8 Å². The summed E-state index contributed by atoms with van der Waals surface area (Å²) < 4.78 is 11.3. The summed E-state index contributed by atoms with van der Waals surface area (Å²) in [6.45, 7) is 4.32. The van der Waals surface area contributed by atoms with Gasteiger partial charge in [-0.25, -0.2) is 0 Å². The van der Waals surface area contributed by atoms with E-state index in [0.717, 1.165) is 0 Å². The van der Waals surface area contributed by atoms with Gasteiger partial charge in [0.25, 0.3) is 0 Å². The molecule has 2 rings (SSSR count). The molecule has 0 radical (unpaired) electrons. The highest BCUT2D eigenvalue weighted by molar-refractivity contribution is 6.31. The van der Waals surface area contributed by atoms with Crippen molar-refractivity contribution in [3.63, 3.8) is 0 Å². The van der Waals surface area contributed by atoms with Crippen molar-refractivity contribution in [1.29, 1.82) is 0 Å². The van der Waals surface area contributed by atoms with Crippen LogP contribution in [0.2, 0.25) is 5.02 Å². The van der Waals surface area contributed by atoms with E-state index in [0.29, 0.717) is 34.6 Å². The van der Waals surface area contributed by atoms with Gasteiger partial charge in [0.15, 0.2) is 11.5 Å². The predicted octanol–water partition coefficient (Wildman–Crippen LogP) is 3.89. The molecule has 1 aliphatic carbocycles. The number of hydrogen-bond acceptors (Lipinski definition) is 3. The molecule has 5 heteroatoms. The molecule has 1 aromatic rings. The van der Waals surface area contributed by atoms with Crippen molar-refractivity contribution < 1.29 is 19.4 Å². The first-order valence-corrected chi connectivity index (χ1v) is 7.44. The third kappa shape index (κ3) is 3.82. The van der Waals surface area contributed by atoms with Gasteiger partial charge in [0.05, 0.1) is 20.1 Å². The van der Waals surface area contributed by atoms with E-state index < -0.39 is 11.4 Å². The highest BCUT2D eigenvalue weighted by atomic mass is 35.5. The second kappa shape index (κ2) is 6.14. The molecule has 0 atom stereocenters. The van der Waals surface area contributed by atoms with E-state index in [9.17, 15) is 4.79 Å². The average Bonchev–Trinajstić information content (AvgIpc) is 3.18. The van der Waals surface area contributed by atoms with Crippen LogP contribution >= 0.6 is 11.6 Å². The molecule has 1 fully saturated rings. The van der Waals surface area contributed by atoms with Crippen molar-refractivity contribution in [2.45, 2.75) is 38.5 Å². The maximum atomic E-state index is 11.1. The second-order valence-electron chi connectivity index (χ2n) is 6.16. The third-order valence-corrected chi connectivity index (χ3v) is 4.04. The Bertz CT molecular complexity index is 535. The zero-order valence-electron chi connectivity index (χ0n) is 12.6. The normalized spacial score (nSPS) is 14.9. The zero-order valence-corrected chi connectivity index (χ0v) is 13.4. The Morgan fingerprint density at radius 3 is 2.62 bits per heavy atom. The fourth-order valence-electron chi connectivity index (χ4n) is 2.43. The number of methoxy groups -OCH3 is 1. The Morgan fingerprint density at radius 2 is 2.10 bits per heavy atom. The summed E-state index contributed by atoms with van der Waals surface area (Å²) in [7, 11) is 1.57. The van der Waals surface area contributed by atoms with Crippen LogP contribution in [0.3, 0.4) is 0 Å². The Morgan fingerprint density at radius 1 is 1.43 bits per heavy atom. The molecule has 0 unspecified atom stereocenters. The summed E-state index contributed by atoms with van der Waals surface area (Å²) >= 11 is 6.33. The number of aliphatic carboxylic acids is 1. The first-order valence-electron chi connectivity index (χ1n) is 7.06. The molecule has 21 heavy (non-hydrogen) atoms. The molecule has 0 amide bonds. The lowest BCUT2D eigenvalue weighted by Gasteiger charge is -2.28. The molecular formula is C16H21ClO4. The minimum Gasteiger partial charge on any atom is -0.493 e. The molecule has 0 heterocycles. The largest absolute Gasteiger partial charge is 0.493 e. The standard InChI is InChI=1S/C16H21ClO4/c1-16(2,8-13(18)19)14-11(17)6-7-12(20-3)15(14)21-9-10-4-5-10/h6-7,10H,4-5,8-9H2,1-3H3,(H,18,19). The molecule has 116 valence electrons. The van der Waals surface area contributed by atoms with Crippen molar-refractivity contribution in [2.24, 2.45) is 5.92 Å². The number of carboxylic acid groups (broad SMARTS) is 1. The first-order chi connectivity index (χ1) is 9.85. The van der Waals surface area contributed by atoms with Gasteiger partial charge in [-0.2, -0.15) is 0 Å². The van der Waals surface area contributed by atoms with Crippen LogP contribution in [-0.2, 0) is 10.2 Å². The summed E-state index contributed by atoms with van der Waals surface area (Å²) in [6, 6.07) is 3.48. The van der Waals surface area contributed by atoms with Crippen LogP contribution in [-0.4, -0.2) is 24.8 Å². The van der Waals surface area contributed by atoms with Gasteiger partial charge in [-0.1, -0.05) is 25.4 Å². The number of carboxylic acids is 1. The first kappa shape index (κ1) is 16.0. The Labute approximate surface area is 130 Å². The fourth-order valence-corrected chi connectivity index (χ4v) is 2.83. The minimum absolute atomic E-state index is 0.0281. The van der Waals surface area contributed by atoms with E-state index in [4.69, 9.17) is 26.2 Å². The summed E-state index contributed by atoms with van der Waals surface area (Å²) in [5, 5.41) is 9.64. The molecule has 1 N–H and O–H groups in total. The van der Waals surface area contributed by atoms with E-state index >= 15 is 0 Å². The Kier molecular flexibility index (Phi) is 4.67. The SMILES string of the molecule is COc1ccc(Cl)c(C(C)(C)CC(=O)O)c1OCC1CC1. The van der Waals surface area contributed by atoms with Crippen molar-refractivity contribution in [3.05, 3.63) is 22.7 Å². The topological polar surface area (TPSA) is 55.8 Å². The maximum Gasteiger partial charge on any atom is 0.304 e. The summed E-state index contributed by atoms with van der Waals surface area (Å²) in [5.74, 6) is 0.882. The van der Waals surface area contributed by atoms with Gasteiger partial charge in [-0.05, 0) is 30.9 Å². The molecule has 0 spiro atoms.